The molecule has 3 aromatic rings. The van der Waals surface area contributed by atoms with Gasteiger partial charge in [-0.15, -0.1) is 0 Å². The average molecular weight is 506 g/mol. The van der Waals surface area contributed by atoms with E-state index in [1.54, 1.807) is 0 Å². The Hall–Kier alpha value is -1.09. The van der Waals surface area contributed by atoms with E-state index < -0.39 is 9.10 Å². The van der Waals surface area contributed by atoms with Gasteiger partial charge in [0, 0.05) is 0 Å². The summed E-state index contributed by atoms with van der Waals surface area (Å²) in [7, 11) is -1.57. The third kappa shape index (κ3) is 3.32. The molecule has 3 heteroatoms. The SMILES string of the molecule is COC(C)C[As](I)(c1ccccc1)(c1ccccc1)c1ccccc1. The van der Waals surface area contributed by atoms with E-state index in [2.05, 4.69) is 118 Å². The third-order valence-electron chi connectivity index (χ3n) is 4.89. The van der Waals surface area contributed by atoms with Crippen molar-refractivity contribution in [3.8, 4) is 0 Å². The fourth-order valence-corrected chi connectivity index (χ4v) is 22.0. The van der Waals surface area contributed by atoms with Crippen LogP contribution in [0.1, 0.15) is 6.92 Å². The van der Waals surface area contributed by atoms with Crippen LogP contribution in [0.4, 0.5) is 0 Å². The first kappa shape index (κ1) is 18.7. The molecule has 0 spiro atoms. The Labute approximate surface area is 162 Å². The van der Waals surface area contributed by atoms with Crippen molar-refractivity contribution in [2.45, 2.75) is 18.2 Å². The molecule has 0 saturated heterocycles. The summed E-state index contributed by atoms with van der Waals surface area (Å²) in [6.45, 7) is 2.19. The van der Waals surface area contributed by atoms with Crippen LogP contribution in [0.25, 0.3) is 0 Å². The summed E-state index contributed by atoms with van der Waals surface area (Å²) >= 11 is 2.84. The zero-order valence-electron chi connectivity index (χ0n) is 14.7. The molecule has 1 unspecified atom stereocenters. The fraction of sp³-hybridized carbons (Fsp3) is 0.182. The second-order valence-corrected chi connectivity index (χ2v) is 26.5. The van der Waals surface area contributed by atoms with Crippen LogP contribution in [-0.4, -0.2) is 22.3 Å². The Morgan fingerprint density at radius 2 is 1.04 bits per heavy atom. The van der Waals surface area contributed by atoms with Crippen molar-refractivity contribution in [3.63, 3.8) is 0 Å². The monoisotopic (exact) mass is 506 g/mol. The van der Waals surface area contributed by atoms with E-state index in [4.69, 9.17) is 4.74 Å². The molecule has 0 aromatic heterocycles. The van der Waals surface area contributed by atoms with Crippen LogP contribution in [0.15, 0.2) is 91.0 Å². The third-order valence-corrected chi connectivity index (χ3v) is 26.8. The molecule has 0 aliphatic heterocycles. The summed E-state index contributed by atoms with van der Waals surface area (Å²) in [6.07, 6.45) is 0.184. The van der Waals surface area contributed by atoms with Gasteiger partial charge in [-0.3, -0.25) is 0 Å². The molecule has 0 radical (unpaired) electrons. The van der Waals surface area contributed by atoms with Crippen molar-refractivity contribution in [2.24, 2.45) is 0 Å². The normalized spacial score (nSPS) is 14.4. The molecule has 0 N–H and O–H groups in total. The molecule has 1 atom stereocenters. The van der Waals surface area contributed by atoms with Crippen molar-refractivity contribution in [2.75, 3.05) is 7.11 Å². The van der Waals surface area contributed by atoms with Crippen LogP contribution in [0.3, 0.4) is 0 Å². The molecule has 3 rings (SSSR count). The number of rotatable bonds is 6. The van der Waals surface area contributed by atoms with Gasteiger partial charge in [0.15, 0.2) is 0 Å². The topological polar surface area (TPSA) is 9.23 Å². The van der Waals surface area contributed by atoms with Crippen LogP contribution >= 0.6 is 20.1 Å². The first-order valence-corrected chi connectivity index (χ1v) is 18.4. The number of methoxy groups -OCH3 is 1. The number of hydrogen-bond donors (Lipinski definition) is 0. The van der Waals surface area contributed by atoms with Gasteiger partial charge in [0.25, 0.3) is 0 Å². The van der Waals surface area contributed by atoms with Gasteiger partial charge in [-0.25, -0.2) is 0 Å². The van der Waals surface area contributed by atoms with Crippen molar-refractivity contribution in [1.82, 2.24) is 0 Å². The van der Waals surface area contributed by atoms with Gasteiger partial charge < -0.3 is 0 Å². The molecular weight excluding hydrogens is 482 g/mol. The van der Waals surface area contributed by atoms with E-state index in [-0.39, 0.29) is 6.10 Å². The Morgan fingerprint density at radius 1 is 0.720 bits per heavy atom. The first-order chi connectivity index (χ1) is 12.1. The maximum atomic E-state index is 5.78. The second kappa shape index (κ2) is 7.65. The van der Waals surface area contributed by atoms with Crippen LogP contribution < -0.4 is 13.1 Å². The minimum atomic E-state index is -3.39. The van der Waals surface area contributed by atoms with Gasteiger partial charge >= 0.3 is 163 Å². The molecule has 0 fully saturated rings. The number of benzene rings is 3. The zero-order valence-corrected chi connectivity index (χ0v) is 18.7. The van der Waals surface area contributed by atoms with E-state index in [0.717, 1.165) is 5.21 Å². The van der Waals surface area contributed by atoms with Gasteiger partial charge in [0.05, 0.1) is 0 Å². The van der Waals surface area contributed by atoms with Crippen LogP contribution in [0.5, 0.6) is 0 Å². The summed E-state index contributed by atoms with van der Waals surface area (Å²) in [5, 5.41) is 1.02. The predicted octanol–water partition coefficient (Wildman–Crippen LogP) is 4.08. The zero-order chi connectivity index (χ0) is 17.8. The molecule has 1 nitrogen and oxygen atoms in total. The molecule has 25 heavy (non-hydrogen) atoms. The Bertz CT molecular complexity index is 706. The van der Waals surface area contributed by atoms with E-state index in [9.17, 15) is 0 Å². The molecule has 130 valence electrons. The number of halogens is 1. The summed E-state index contributed by atoms with van der Waals surface area (Å²) in [4.78, 5) is 0. The maximum absolute atomic E-state index is 5.78. The summed E-state index contributed by atoms with van der Waals surface area (Å²) < 4.78 is 10.1. The molecule has 3 aromatic carbocycles. The number of ether oxygens (including phenoxy) is 1. The second-order valence-electron chi connectivity index (χ2n) is 6.42. The van der Waals surface area contributed by atoms with Gasteiger partial charge in [0.1, 0.15) is 0 Å². The van der Waals surface area contributed by atoms with E-state index >= 15 is 0 Å². The Balaban J connectivity index is 2.40. The van der Waals surface area contributed by atoms with Crippen LogP contribution in [0, 0.1) is 0 Å². The van der Waals surface area contributed by atoms with Gasteiger partial charge in [0.2, 0.25) is 0 Å². The molecule has 0 heterocycles. The first-order valence-electron chi connectivity index (χ1n) is 8.52. The Kier molecular flexibility index (Phi) is 5.72. The quantitative estimate of drug-likeness (QED) is 0.362. The van der Waals surface area contributed by atoms with Crippen molar-refractivity contribution >= 4 is 42.3 Å². The fourth-order valence-electron chi connectivity index (χ4n) is 3.54. The van der Waals surface area contributed by atoms with E-state index in [1.165, 1.54) is 13.1 Å². The van der Waals surface area contributed by atoms with Crippen LogP contribution in [-0.2, 0) is 4.74 Å². The van der Waals surface area contributed by atoms with Crippen molar-refractivity contribution in [1.29, 1.82) is 0 Å². The molecule has 0 bridgehead atoms. The molecule has 0 aliphatic rings. The standard InChI is InChI=1S/C22H24AsIO/c1-19(25-2)18-23(24,20-12-6-3-7-13-20,21-14-8-4-9-15-21)22-16-10-5-11-17-22/h3-17,19H,18H2,1-2H3. The van der Waals surface area contributed by atoms with Gasteiger partial charge in [-0.1, -0.05) is 0 Å². The summed E-state index contributed by atoms with van der Waals surface area (Å²) in [5.41, 5.74) is 0. The van der Waals surface area contributed by atoms with Gasteiger partial charge in [-0.2, -0.15) is 0 Å². The molecule has 0 saturated carbocycles. The minimum absolute atomic E-state index is 0.184. The van der Waals surface area contributed by atoms with Crippen LogP contribution in [0.2, 0.25) is 5.21 Å². The van der Waals surface area contributed by atoms with Crippen molar-refractivity contribution < 1.29 is 4.74 Å². The number of hydrogen-bond acceptors (Lipinski definition) is 1. The van der Waals surface area contributed by atoms with E-state index in [0.29, 0.717) is 0 Å². The molecule has 0 aliphatic carbocycles. The van der Waals surface area contributed by atoms with Crippen molar-refractivity contribution in [3.05, 3.63) is 91.0 Å². The van der Waals surface area contributed by atoms with Gasteiger partial charge in [-0.05, 0) is 0 Å². The predicted molar refractivity (Wildman–Crippen MR) is 119 cm³/mol. The molecule has 0 amide bonds. The summed E-state index contributed by atoms with van der Waals surface area (Å²) in [5.74, 6) is 0. The Morgan fingerprint density at radius 3 is 1.32 bits per heavy atom. The average Bonchev–Trinajstić information content (AvgIpc) is 2.70. The summed E-state index contributed by atoms with van der Waals surface area (Å²) in [6, 6.07) is 33.1. The molecular formula is C22H24AsIO. The van der Waals surface area contributed by atoms with E-state index in [1.807, 2.05) is 7.11 Å².